The summed E-state index contributed by atoms with van der Waals surface area (Å²) in [4.78, 5) is 25.7. The van der Waals surface area contributed by atoms with Crippen LogP contribution < -0.4 is 25.5 Å². The zero-order valence-corrected chi connectivity index (χ0v) is 18.1. The predicted octanol–water partition coefficient (Wildman–Crippen LogP) is 0.419. The zero-order valence-electron chi connectivity index (χ0n) is 18.1. The fourth-order valence-electron chi connectivity index (χ4n) is 4.20. The first-order valence-corrected chi connectivity index (χ1v) is 10.2. The topological polar surface area (TPSA) is 178 Å². The first kappa shape index (κ1) is 22.2. The molecule has 180 valence electrons. The molecule has 5 unspecified atom stereocenters. The van der Waals surface area contributed by atoms with Gasteiger partial charge in [0.1, 0.15) is 18.3 Å². The molecule has 0 aliphatic carbocycles. The second kappa shape index (κ2) is 7.74. The Bertz CT molecular complexity index is 1520. The number of phenolic OH excluding ortho intramolecular Hbond substituents is 1. The molecule has 0 saturated carbocycles. The average molecular weight is 476 g/mol. The molecule has 4 aromatic rings. The molecular formula is C22H20O12. The number of ether oxygens (including phenoxy) is 4. The molecule has 12 heteroatoms. The maximum Gasteiger partial charge on any atom is 0.344 e. The number of aliphatic hydroxyl groups is 3. The SMILES string of the molecule is COc1cc2c(=O)oc3c(OC4OC(C)C(O)C(O)C4O)c(OC)cc4c(=O)oc(c1O)c2c34. The van der Waals surface area contributed by atoms with E-state index in [1.807, 2.05) is 0 Å². The molecule has 1 saturated heterocycles. The van der Waals surface area contributed by atoms with Crippen molar-refractivity contribution in [1.82, 2.24) is 0 Å². The summed E-state index contributed by atoms with van der Waals surface area (Å²) in [5, 5.41) is 41.1. The van der Waals surface area contributed by atoms with Gasteiger partial charge in [-0.05, 0) is 19.1 Å². The number of aromatic hydroxyl groups is 1. The Labute approximate surface area is 189 Å². The highest BCUT2D eigenvalue weighted by Crippen LogP contribution is 2.46. The largest absolute Gasteiger partial charge is 0.502 e. The molecule has 3 heterocycles. The van der Waals surface area contributed by atoms with Crippen LogP contribution in [0.4, 0.5) is 0 Å². The van der Waals surface area contributed by atoms with Crippen molar-refractivity contribution >= 4 is 32.7 Å². The van der Waals surface area contributed by atoms with Gasteiger partial charge in [0.15, 0.2) is 22.7 Å². The monoisotopic (exact) mass is 476 g/mol. The van der Waals surface area contributed by atoms with Crippen molar-refractivity contribution in [1.29, 1.82) is 0 Å². The van der Waals surface area contributed by atoms with Crippen molar-refractivity contribution < 1.29 is 48.2 Å². The van der Waals surface area contributed by atoms with Gasteiger partial charge in [0.05, 0.1) is 31.1 Å². The van der Waals surface area contributed by atoms with Gasteiger partial charge in [0.25, 0.3) is 0 Å². The summed E-state index contributed by atoms with van der Waals surface area (Å²) in [6, 6.07) is 2.54. The Kier molecular flexibility index (Phi) is 5.06. The van der Waals surface area contributed by atoms with Crippen LogP contribution in [0, 0.1) is 0 Å². The maximum atomic E-state index is 12.9. The summed E-state index contributed by atoms with van der Waals surface area (Å²) in [7, 11) is 2.54. The van der Waals surface area contributed by atoms with Crippen molar-refractivity contribution in [3.63, 3.8) is 0 Å². The van der Waals surface area contributed by atoms with E-state index < -0.39 is 47.7 Å². The normalized spacial score (nSPS) is 25.3. The highest BCUT2D eigenvalue weighted by Gasteiger charge is 2.44. The van der Waals surface area contributed by atoms with Gasteiger partial charge in [0, 0.05) is 10.8 Å². The average Bonchev–Trinajstić information content (AvgIpc) is 2.82. The molecule has 5 atom stereocenters. The van der Waals surface area contributed by atoms with Crippen LogP contribution in [0.1, 0.15) is 6.92 Å². The lowest BCUT2D eigenvalue weighted by Crippen LogP contribution is -2.58. The number of methoxy groups -OCH3 is 2. The Morgan fingerprint density at radius 3 is 2.00 bits per heavy atom. The summed E-state index contributed by atoms with van der Waals surface area (Å²) in [5.41, 5.74) is -2.25. The van der Waals surface area contributed by atoms with Crippen LogP contribution in [0.3, 0.4) is 0 Å². The smallest absolute Gasteiger partial charge is 0.344 e. The minimum Gasteiger partial charge on any atom is -0.502 e. The molecule has 1 aliphatic heterocycles. The third-order valence-corrected chi connectivity index (χ3v) is 5.98. The highest BCUT2D eigenvalue weighted by molar-refractivity contribution is 6.22. The molecule has 4 N–H and O–H groups in total. The number of phenols is 1. The van der Waals surface area contributed by atoms with E-state index >= 15 is 0 Å². The van der Waals surface area contributed by atoms with Gasteiger partial charge < -0.3 is 48.2 Å². The van der Waals surface area contributed by atoms with Crippen LogP contribution in [0.15, 0.2) is 30.6 Å². The van der Waals surface area contributed by atoms with Gasteiger partial charge >= 0.3 is 11.3 Å². The van der Waals surface area contributed by atoms with Gasteiger partial charge in [-0.2, -0.15) is 0 Å². The third-order valence-electron chi connectivity index (χ3n) is 5.98. The van der Waals surface area contributed by atoms with E-state index in [0.29, 0.717) is 0 Å². The summed E-state index contributed by atoms with van der Waals surface area (Å²) < 4.78 is 32.4. The molecule has 0 amide bonds. The Hall–Kier alpha value is -3.58. The minimum absolute atomic E-state index is 0.0249. The number of hydrogen-bond donors (Lipinski definition) is 4. The van der Waals surface area contributed by atoms with Crippen LogP contribution in [0.25, 0.3) is 32.7 Å². The quantitative estimate of drug-likeness (QED) is 0.236. The molecule has 2 aromatic heterocycles. The second-order valence-corrected chi connectivity index (χ2v) is 7.92. The summed E-state index contributed by atoms with van der Waals surface area (Å²) in [6.45, 7) is 1.47. The molecule has 2 aromatic carbocycles. The summed E-state index contributed by atoms with van der Waals surface area (Å²) >= 11 is 0. The van der Waals surface area contributed by atoms with E-state index in [0.717, 1.165) is 0 Å². The number of rotatable bonds is 4. The van der Waals surface area contributed by atoms with Crippen molar-refractivity contribution in [2.24, 2.45) is 0 Å². The minimum atomic E-state index is -1.67. The van der Waals surface area contributed by atoms with Crippen molar-refractivity contribution in [2.75, 3.05) is 14.2 Å². The molecule has 0 bridgehead atoms. The van der Waals surface area contributed by atoms with Gasteiger partial charge in [-0.3, -0.25) is 0 Å². The van der Waals surface area contributed by atoms with Gasteiger partial charge in [-0.15, -0.1) is 0 Å². The maximum absolute atomic E-state index is 12.9. The van der Waals surface area contributed by atoms with Gasteiger partial charge in [-0.25, -0.2) is 9.59 Å². The standard InChI is InChI=1S/C22H20O12/c1-6-13(23)15(25)16(26)22(31-6)34-17-10(30-3)5-8-12-11-7(21(28)33-19(12)17)4-9(29-2)14(24)18(11)32-20(8)27/h4-6,13,15-16,22-26H,1-3H3. The molecule has 12 nitrogen and oxygen atoms in total. The Morgan fingerprint density at radius 2 is 1.38 bits per heavy atom. The Morgan fingerprint density at radius 1 is 0.824 bits per heavy atom. The fraction of sp³-hybridized carbons (Fsp3) is 0.364. The first-order chi connectivity index (χ1) is 16.2. The van der Waals surface area contributed by atoms with Crippen LogP contribution >= 0.6 is 0 Å². The van der Waals surface area contributed by atoms with Crippen molar-refractivity contribution in [2.45, 2.75) is 37.6 Å². The molecule has 1 aliphatic rings. The third kappa shape index (κ3) is 3.00. The van der Waals surface area contributed by atoms with Gasteiger partial charge in [-0.1, -0.05) is 0 Å². The van der Waals surface area contributed by atoms with E-state index in [4.69, 9.17) is 27.8 Å². The lowest BCUT2D eigenvalue weighted by atomic mass is 9.99. The van der Waals surface area contributed by atoms with Crippen LogP contribution in [0.5, 0.6) is 23.0 Å². The Balaban J connectivity index is 1.83. The molecule has 5 rings (SSSR count). The summed E-state index contributed by atoms with van der Waals surface area (Å²) in [6.07, 6.45) is -7.00. The van der Waals surface area contributed by atoms with E-state index in [-0.39, 0.29) is 50.0 Å². The van der Waals surface area contributed by atoms with Gasteiger partial charge in [0.2, 0.25) is 17.8 Å². The first-order valence-electron chi connectivity index (χ1n) is 10.2. The number of hydrogen-bond acceptors (Lipinski definition) is 12. The van der Waals surface area contributed by atoms with Crippen LogP contribution in [-0.4, -0.2) is 65.4 Å². The van der Waals surface area contributed by atoms with Crippen molar-refractivity contribution in [3.05, 3.63) is 33.0 Å². The molecular weight excluding hydrogens is 456 g/mol. The summed E-state index contributed by atoms with van der Waals surface area (Å²) in [5.74, 6) is -0.866. The fourth-order valence-corrected chi connectivity index (χ4v) is 4.20. The molecule has 0 radical (unpaired) electrons. The second-order valence-electron chi connectivity index (χ2n) is 7.92. The van der Waals surface area contributed by atoms with Crippen LogP contribution in [0.2, 0.25) is 0 Å². The van der Waals surface area contributed by atoms with E-state index in [1.54, 1.807) is 0 Å². The van der Waals surface area contributed by atoms with E-state index in [1.165, 1.54) is 33.3 Å². The molecule has 1 fully saturated rings. The lowest BCUT2D eigenvalue weighted by Gasteiger charge is -2.39. The molecule has 0 spiro atoms. The van der Waals surface area contributed by atoms with E-state index in [9.17, 15) is 30.0 Å². The number of benzene rings is 2. The van der Waals surface area contributed by atoms with E-state index in [2.05, 4.69) is 0 Å². The van der Waals surface area contributed by atoms with Crippen LogP contribution in [-0.2, 0) is 4.74 Å². The highest BCUT2D eigenvalue weighted by atomic mass is 16.7. The predicted molar refractivity (Wildman–Crippen MR) is 115 cm³/mol. The zero-order chi connectivity index (χ0) is 24.5. The molecule has 34 heavy (non-hydrogen) atoms. The number of aliphatic hydroxyl groups excluding tert-OH is 3. The lowest BCUT2D eigenvalue weighted by molar-refractivity contribution is -0.268. The van der Waals surface area contributed by atoms with Crippen molar-refractivity contribution in [3.8, 4) is 23.0 Å².